The third kappa shape index (κ3) is 18.1. The van der Waals surface area contributed by atoms with Gasteiger partial charge in [-0.1, -0.05) is 12.1 Å². The van der Waals surface area contributed by atoms with E-state index in [9.17, 15) is 0 Å². The standard InChI is InChI=1S/C22H40N2O8/c23-5-6-25-7-8-26-9-10-27-11-12-28-13-14-29-15-16-30-17-18-31-19-20-32-22-4-2-1-3-21(22)24/h1-4H,5-20,23-24H2. The second kappa shape index (κ2) is 22.7. The summed E-state index contributed by atoms with van der Waals surface area (Å²) in [5.41, 5.74) is 11.7. The van der Waals surface area contributed by atoms with Crippen molar-refractivity contribution in [1.29, 1.82) is 0 Å². The van der Waals surface area contributed by atoms with Crippen LogP contribution in [-0.4, -0.2) is 106 Å². The molecule has 0 unspecified atom stereocenters. The molecule has 1 rings (SSSR count). The van der Waals surface area contributed by atoms with Gasteiger partial charge < -0.3 is 49.4 Å². The van der Waals surface area contributed by atoms with E-state index in [1.165, 1.54) is 0 Å². The topological polar surface area (TPSA) is 126 Å². The van der Waals surface area contributed by atoms with Crippen molar-refractivity contribution in [2.24, 2.45) is 5.73 Å². The van der Waals surface area contributed by atoms with Crippen molar-refractivity contribution in [3.05, 3.63) is 24.3 Å². The van der Waals surface area contributed by atoms with E-state index in [0.29, 0.717) is 117 Å². The van der Waals surface area contributed by atoms with E-state index in [-0.39, 0.29) is 0 Å². The van der Waals surface area contributed by atoms with E-state index >= 15 is 0 Å². The normalized spacial score (nSPS) is 11.2. The van der Waals surface area contributed by atoms with Crippen LogP contribution in [0.15, 0.2) is 24.3 Å². The van der Waals surface area contributed by atoms with E-state index in [4.69, 9.17) is 49.4 Å². The van der Waals surface area contributed by atoms with Gasteiger partial charge in [-0.15, -0.1) is 0 Å². The van der Waals surface area contributed by atoms with Gasteiger partial charge in [-0.2, -0.15) is 0 Å². The van der Waals surface area contributed by atoms with Gasteiger partial charge in [0.05, 0.1) is 98.2 Å². The minimum atomic E-state index is 0.446. The summed E-state index contributed by atoms with van der Waals surface area (Å²) in [5, 5.41) is 0. The third-order valence-corrected chi connectivity index (χ3v) is 3.90. The minimum absolute atomic E-state index is 0.446. The van der Waals surface area contributed by atoms with Crippen molar-refractivity contribution >= 4 is 5.69 Å². The number of nitrogens with two attached hydrogens (primary N) is 2. The number of benzene rings is 1. The molecule has 32 heavy (non-hydrogen) atoms. The van der Waals surface area contributed by atoms with Crippen molar-refractivity contribution in [2.75, 3.05) is 111 Å². The number of anilines is 1. The molecule has 0 saturated heterocycles. The Morgan fingerprint density at radius 1 is 0.469 bits per heavy atom. The largest absolute Gasteiger partial charge is 0.489 e. The summed E-state index contributed by atoms with van der Waals surface area (Å²) in [5.74, 6) is 0.673. The van der Waals surface area contributed by atoms with Gasteiger partial charge in [0.2, 0.25) is 0 Å². The van der Waals surface area contributed by atoms with Crippen molar-refractivity contribution in [1.82, 2.24) is 0 Å². The molecule has 186 valence electrons. The zero-order valence-electron chi connectivity index (χ0n) is 19.0. The lowest BCUT2D eigenvalue weighted by atomic mass is 10.3. The fourth-order valence-electron chi connectivity index (χ4n) is 2.33. The zero-order chi connectivity index (χ0) is 23.0. The smallest absolute Gasteiger partial charge is 0.142 e. The van der Waals surface area contributed by atoms with Gasteiger partial charge in [0.15, 0.2) is 0 Å². The molecule has 0 aliphatic rings. The van der Waals surface area contributed by atoms with Crippen molar-refractivity contribution in [3.63, 3.8) is 0 Å². The molecule has 0 fully saturated rings. The van der Waals surface area contributed by atoms with Crippen LogP contribution >= 0.6 is 0 Å². The Hall–Kier alpha value is -1.50. The molecule has 0 aliphatic carbocycles. The van der Waals surface area contributed by atoms with Gasteiger partial charge in [0.1, 0.15) is 12.4 Å². The highest BCUT2D eigenvalue weighted by Gasteiger charge is 1.98. The third-order valence-electron chi connectivity index (χ3n) is 3.90. The molecule has 4 N–H and O–H groups in total. The summed E-state index contributed by atoms with van der Waals surface area (Å²) in [6, 6.07) is 7.38. The fraction of sp³-hybridized carbons (Fsp3) is 0.727. The lowest BCUT2D eigenvalue weighted by molar-refractivity contribution is -0.0210. The quantitative estimate of drug-likeness (QED) is 0.168. The maximum Gasteiger partial charge on any atom is 0.142 e. The Bertz CT molecular complexity index is 524. The molecule has 10 nitrogen and oxygen atoms in total. The fourth-order valence-corrected chi connectivity index (χ4v) is 2.33. The lowest BCUT2D eigenvalue weighted by Gasteiger charge is -2.09. The van der Waals surface area contributed by atoms with Crippen LogP contribution in [-0.2, 0) is 33.2 Å². The molecule has 0 spiro atoms. The van der Waals surface area contributed by atoms with Crippen LogP contribution in [0.5, 0.6) is 5.75 Å². The number of rotatable bonds is 24. The van der Waals surface area contributed by atoms with Crippen LogP contribution in [0.4, 0.5) is 5.69 Å². The first-order valence-electron chi connectivity index (χ1n) is 11.1. The first kappa shape index (κ1) is 28.5. The first-order valence-corrected chi connectivity index (χ1v) is 11.1. The van der Waals surface area contributed by atoms with Crippen molar-refractivity contribution in [2.45, 2.75) is 0 Å². The second-order valence-electron chi connectivity index (χ2n) is 6.46. The molecule has 0 saturated carbocycles. The predicted octanol–water partition coefficient (Wildman–Crippen LogP) is 0.723. The molecule has 0 radical (unpaired) electrons. The number of ether oxygens (including phenoxy) is 8. The molecule has 1 aromatic carbocycles. The molecular formula is C22H40N2O8. The summed E-state index contributed by atoms with van der Waals surface area (Å²) in [6.07, 6.45) is 0. The van der Waals surface area contributed by atoms with E-state index in [2.05, 4.69) is 0 Å². The second-order valence-corrected chi connectivity index (χ2v) is 6.46. The van der Waals surface area contributed by atoms with Gasteiger partial charge >= 0.3 is 0 Å². The molecule has 10 heteroatoms. The van der Waals surface area contributed by atoms with E-state index < -0.39 is 0 Å². The lowest BCUT2D eigenvalue weighted by Crippen LogP contribution is -2.15. The van der Waals surface area contributed by atoms with Crippen molar-refractivity contribution in [3.8, 4) is 5.75 Å². The number of nitrogen functional groups attached to an aromatic ring is 1. The Labute approximate surface area is 191 Å². The molecule has 1 aromatic rings. The SMILES string of the molecule is NCCOCCOCCOCCOCCOCCOCCOCCOc1ccccc1N. The maximum atomic E-state index is 5.80. The Kier molecular flexibility index (Phi) is 20.2. The highest BCUT2D eigenvalue weighted by Crippen LogP contribution is 2.19. The zero-order valence-corrected chi connectivity index (χ0v) is 19.0. The maximum absolute atomic E-state index is 5.80. The number of para-hydroxylation sites is 2. The summed E-state index contributed by atoms with van der Waals surface area (Å²) < 4.78 is 43.2. The van der Waals surface area contributed by atoms with E-state index in [0.717, 1.165) is 0 Å². The van der Waals surface area contributed by atoms with E-state index in [1.54, 1.807) is 6.07 Å². The molecule has 0 heterocycles. The minimum Gasteiger partial charge on any atom is -0.489 e. The highest BCUT2D eigenvalue weighted by atomic mass is 16.6. The average molecular weight is 461 g/mol. The molecule has 0 atom stereocenters. The van der Waals surface area contributed by atoms with Gasteiger partial charge in [0, 0.05) is 6.54 Å². The molecular weight excluding hydrogens is 420 g/mol. The Morgan fingerprint density at radius 3 is 1.19 bits per heavy atom. The summed E-state index contributed by atoms with van der Waals surface area (Å²) >= 11 is 0. The van der Waals surface area contributed by atoms with Gasteiger partial charge in [-0.3, -0.25) is 0 Å². The van der Waals surface area contributed by atoms with Crippen LogP contribution in [0, 0.1) is 0 Å². The van der Waals surface area contributed by atoms with Crippen LogP contribution in [0.2, 0.25) is 0 Å². The monoisotopic (exact) mass is 460 g/mol. The number of hydrogen-bond acceptors (Lipinski definition) is 10. The average Bonchev–Trinajstić information content (AvgIpc) is 2.80. The highest BCUT2D eigenvalue weighted by molar-refractivity contribution is 5.51. The van der Waals surface area contributed by atoms with Crippen molar-refractivity contribution < 1.29 is 37.9 Å². The van der Waals surface area contributed by atoms with Crippen LogP contribution < -0.4 is 16.2 Å². The summed E-state index contributed by atoms with van der Waals surface area (Å²) in [6.45, 7) is 8.33. The first-order chi connectivity index (χ1) is 15.8. The van der Waals surface area contributed by atoms with Gasteiger partial charge in [-0.05, 0) is 12.1 Å². The van der Waals surface area contributed by atoms with Gasteiger partial charge in [0.25, 0.3) is 0 Å². The molecule has 0 bridgehead atoms. The van der Waals surface area contributed by atoms with Gasteiger partial charge in [-0.25, -0.2) is 0 Å². The Balaban J connectivity index is 1.68. The molecule has 0 aromatic heterocycles. The number of hydrogen-bond donors (Lipinski definition) is 2. The van der Waals surface area contributed by atoms with E-state index in [1.807, 2.05) is 18.2 Å². The molecule has 0 aliphatic heterocycles. The van der Waals surface area contributed by atoms with Crippen LogP contribution in [0.3, 0.4) is 0 Å². The Morgan fingerprint density at radius 2 is 0.812 bits per heavy atom. The molecule has 0 amide bonds. The van der Waals surface area contributed by atoms with Crippen LogP contribution in [0.1, 0.15) is 0 Å². The predicted molar refractivity (Wildman–Crippen MR) is 121 cm³/mol. The van der Waals surface area contributed by atoms with Crippen LogP contribution in [0.25, 0.3) is 0 Å². The summed E-state index contributed by atoms with van der Waals surface area (Å²) in [7, 11) is 0. The summed E-state index contributed by atoms with van der Waals surface area (Å²) in [4.78, 5) is 0.